The van der Waals surface area contributed by atoms with E-state index in [4.69, 9.17) is 22.0 Å². The molecule has 1 aliphatic rings. The van der Waals surface area contributed by atoms with Crippen molar-refractivity contribution in [2.45, 2.75) is 20.8 Å². The minimum atomic E-state index is 0.161. The van der Waals surface area contributed by atoms with E-state index in [0.717, 1.165) is 27.4 Å². The third kappa shape index (κ3) is 3.21. The molecular formula is C22H20ClN3OS. The van der Waals surface area contributed by atoms with Gasteiger partial charge in [0.1, 0.15) is 16.6 Å². The lowest BCUT2D eigenvalue weighted by atomic mass is 10.1. The summed E-state index contributed by atoms with van der Waals surface area (Å²) in [5.41, 5.74) is 5.45. The van der Waals surface area contributed by atoms with Gasteiger partial charge in [0.05, 0.1) is 17.8 Å². The first-order valence-corrected chi connectivity index (χ1v) is 10.1. The molecule has 0 radical (unpaired) electrons. The standard InChI is InChI=1S/C22H20ClN3OS/c1-12-4-7-15(8-5-12)20-14(3)28-22(25-20)19-18(27)11-26(21(19)24)17-10-16(23)9-6-13(17)2/h4-10,24,27H,11H2,1-3H3. The number of hydrogen-bond acceptors (Lipinski definition) is 4. The molecule has 2 N–H and O–H groups in total. The Morgan fingerprint density at radius 1 is 1.11 bits per heavy atom. The van der Waals surface area contributed by atoms with Gasteiger partial charge in [-0.1, -0.05) is 47.5 Å². The van der Waals surface area contributed by atoms with Gasteiger partial charge in [0, 0.05) is 21.2 Å². The summed E-state index contributed by atoms with van der Waals surface area (Å²) < 4.78 is 0. The molecule has 0 aliphatic carbocycles. The second-order valence-electron chi connectivity index (χ2n) is 6.98. The summed E-state index contributed by atoms with van der Waals surface area (Å²) >= 11 is 7.65. The van der Waals surface area contributed by atoms with Gasteiger partial charge in [-0.15, -0.1) is 11.3 Å². The van der Waals surface area contributed by atoms with E-state index >= 15 is 0 Å². The smallest absolute Gasteiger partial charge is 0.139 e. The minimum Gasteiger partial charge on any atom is -0.510 e. The lowest BCUT2D eigenvalue weighted by Gasteiger charge is -2.21. The summed E-state index contributed by atoms with van der Waals surface area (Å²) in [5, 5.41) is 20.6. The molecule has 0 saturated carbocycles. The number of aromatic nitrogens is 1. The average Bonchev–Trinajstić information content (AvgIpc) is 3.17. The summed E-state index contributed by atoms with van der Waals surface area (Å²) in [7, 11) is 0. The molecule has 142 valence electrons. The second kappa shape index (κ2) is 7.08. The van der Waals surface area contributed by atoms with Gasteiger partial charge in [-0.05, 0) is 38.5 Å². The summed E-state index contributed by atoms with van der Waals surface area (Å²) in [5.74, 6) is 0.403. The van der Waals surface area contributed by atoms with Crippen molar-refractivity contribution >= 4 is 40.0 Å². The van der Waals surface area contributed by atoms with E-state index in [1.165, 1.54) is 16.9 Å². The van der Waals surface area contributed by atoms with Crippen molar-refractivity contribution in [3.63, 3.8) is 0 Å². The first kappa shape index (κ1) is 18.7. The van der Waals surface area contributed by atoms with E-state index in [-0.39, 0.29) is 18.1 Å². The number of nitrogens with zero attached hydrogens (tertiary/aromatic N) is 2. The van der Waals surface area contributed by atoms with Gasteiger partial charge in [-0.25, -0.2) is 4.98 Å². The molecule has 0 spiro atoms. The van der Waals surface area contributed by atoms with Crippen molar-refractivity contribution in [1.82, 2.24) is 4.98 Å². The van der Waals surface area contributed by atoms with Gasteiger partial charge < -0.3 is 10.0 Å². The molecule has 28 heavy (non-hydrogen) atoms. The maximum Gasteiger partial charge on any atom is 0.139 e. The van der Waals surface area contributed by atoms with Gasteiger partial charge in [-0.2, -0.15) is 0 Å². The summed E-state index contributed by atoms with van der Waals surface area (Å²) in [4.78, 5) is 7.60. The predicted octanol–water partition coefficient (Wildman–Crippen LogP) is 6.16. The predicted molar refractivity (Wildman–Crippen MR) is 118 cm³/mol. The normalized spacial score (nSPS) is 14.3. The number of halogens is 1. The van der Waals surface area contributed by atoms with E-state index in [2.05, 4.69) is 31.2 Å². The number of benzene rings is 2. The number of anilines is 1. The number of aliphatic hydroxyl groups excluding tert-OH is 1. The zero-order valence-corrected chi connectivity index (χ0v) is 17.4. The molecule has 6 heteroatoms. The monoisotopic (exact) mass is 409 g/mol. The molecule has 0 amide bonds. The van der Waals surface area contributed by atoms with Gasteiger partial charge >= 0.3 is 0 Å². The van der Waals surface area contributed by atoms with E-state index in [9.17, 15) is 5.11 Å². The molecule has 1 aromatic heterocycles. The van der Waals surface area contributed by atoms with Gasteiger partial charge in [0.2, 0.25) is 0 Å². The van der Waals surface area contributed by atoms with Crippen LogP contribution in [0.1, 0.15) is 21.0 Å². The van der Waals surface area contributed by atoms with Crippen LogP contribution in [0.5, 0.6) is 0 Å². The molecular weight excluding hydrogens is 390 g/mol. The summed E-state index contributed by atoms with van der Waals surface area (Å²) in [6, 6.07) is 13.8. The zero-order valence-electron chi connectivity index (χ0n) is 15.9. The number of aryl methyl sites for hydroxylation is 3. The van der Waals surface area contributed by atoms with Gasteiger partial charge in [0.25, 0.3) is 0 Å². The van der Waals surface area contributed by atoms with Crippen molar-refractivity contribution in [3.05, 3.63) is 74.3 Å². The van der Waals surface area contributed by atoms with Crippen LogP contribution in [0.3, 0.4) is 0 Å². The maximum atomic E-state index is 10.6. The van der Waals surface area contributed by atoms with Crippen LogP contribution in [0.2, 0.25) is 5.02 Å². The molecule has 0 fully saturated rings. The molecule has 0 bridgehead atoms. The van der Waals surface area contributed by atoms with Crippen LogP contribution in [0.4, 0.5) is 5.69 Å². The van der Waals surface area contributed by atoms with Crippen LogP contribution in [0.25, 0.3) is 16.8 Å². The highest BCUT2D eigenvalue weighted by molar-refractivity contribution is 7.13. The molecule has 0 saturated heterocycles. The largest absolute Gasteiger partial charge is 0.510 e. The number of amidine groups is 1. The number of thiazole rings is 1. The Balaban J connectivity index is 1.71. The third-order valence-electron chi connectivity index (χ3n) is 4.90. The zero-order chi connectivity index (χ0) is 20.0. The second-order valence-corrected chi connectivity index (χ2v) is 8.62. The van der Waals surface area contributed by atoms with E-state index in [0.29, 0.717) is 15.6 Å². The maximum absolute atomic E-state index is 10.6. The fraction of sp³-hybridized carbons (Fsp3) is 0.182. The number of aliphatic hydroxyl groups is 1. The average molecular weight is 410 g/mol. The van der Waals surface area contributed by atoms with Crippen molar-refractivity contribution in [1.29, 1.82) is 5.41 Å². The first-order chi connectivity index (χ1) is 13.3. The summed E-state index contributed by atoms with van der Waals surface area (Å²) in [6.07, 6.45) is 0. The number of rotatable bonds is 3. The van der Waals surface area contributed by atoms with E-state index in [1.807, 2.05) is 32.0 Å². The molecule has 4 rings (SSSR count). The molecule has 4 nitrogen and oxygen atoms in total. The van der Waals surface area contributed by atoms with Crippen LogP contribution in [-0.4, -0.2) is 22.5 Å². The number of nitrogens with one attached hydrogen (secondary N) is 1. The Bertz CT molecular complexity index is 1120. The summed E-state index contributed by atoms with van der Waals surface area (Å²) in [6.45, 7) is 6.29. The molecule has 0 atom stereocenters. The topological polar surface area (TPSA) is 60.2 Å². The van der Waals surface area contributed by atoms with Gasteiger partial charge in [0.15, 0.2) is 0 Å². The Kier molecular flexibility index (Phi) is 4.73. The Labute approximate surface area is 173 Å². The lowest BCUT2D eigenvalue weighted by molar-refractivity contribution is 0.411. The Morgan fingerprint density at radius 3 is 2.54 bits per heavy atom. The van der Waals surface area contributed by atoms with Crippen LogP contribution in [0, 0.1) is 26.2 Å². The first-order valence-electron chi connectivity index (χ1n) is 8.94. The van der Waals surface area contributed by atoms with Crippen LogP contribution >= 0.6 is 22.9 Å². The molecule has 3 aromatic rings. The van der Waals surface area contributed by atoms with Crippen molar-refractivity contribution in [3.8, 4) is 11.3 Å². The van der Waals surface area contributed by atoms with Gasteiger partial charge in [-0.3, -0.25) is 5.41 Å². The fourth-order valence-corrected chi connectivity index (χ4v) is 4.54. The highest BCUT2D eigenvalue weighted by atomic mass is 35.5. The molecule has 1 aliphatic heterocycles. The van der Waals surface area contributed by atoms with Crippen LogP contribution in [0.15, 0.2) is 48.2 Å². The molecule has 2 aromatic carbocycles. The van der Waals surface area contributed by atoms with Crippen molar-refractivity contribution in [2.75, 3.05) is 11.4 Å². The fourth-order valence-electron chi connectivity index (χ4n) is 3.37. The van der Waals surface area contributed by atoms with E-state index < -0.39 is 0 Å². The molecule has 0 unspecified atom stereocenters. The number of hydrogen-bond donors (Lipinski definition) is 2. The van der Waals surface area contributed by atoms with Crippen molar-refractivity contribution in [2.24, 2.45) is 0 Å². The molecule has 2 heterocycles. The van der Waals surface area contributed by atoms with Crippen molar-refractivity contribution < 1.29 is 5.11 Å². The third-order valence-corrected chi connectivity index (χ3v) is 6.12. The quantitative estimate of drug-likeness (QED) is 0.544. The van der Waals surface area contributed by atoms with Crippen LogP contribution < -0.4 is 4.90 Å². The SMILES string of the molecule is Cc1ccc(-c2nc(C3=C(O)CN(c4cc(Cl)ccc4C)C3=N)sc2C)cc1. The Hall–Kier alpha value is -2.63. The lowest BCUT2D eigenvalue weighted by Crippen LogP contribution is -2.26. The van der Waals surface area contributed by atoms with Crippen LogP contribution in [-0.2, 0) is 0 Å². The highest BCUT2D eigenvalue weighted by Gasteiger charge is 2.32. The minimum absolute atomic E-state index is 0.161. The highest BCUT2D eigenvalue weighted by Crippen LogP contribution is 2.38. The van der Waals surface area contributed by atoms with E-state index in [1.54, 1.807) is 4.90 Å². The Morgan fingerprint density at radius 2 is 1.82 bits per heavy atom.